The number of carbonyl (C=O) groups excluding carboxylic acids is 6. The molecule has 0 amide bonds. The first-order chi connectivity index (χ1) is 21.4. The Bertz CT molecular complexity index is 1350. The van der Waals surface area contributed by atoms with E-state index >= 15 is 0 Å². The quantitative estimate of drug-likeness (QED) is 0.194. The predicted octanol–water partition coefficient (Wildman–Crippen LogP) is 0.817. The second kappa shape index (κ2) is 13.2. The monoisotopic (exact) mass is 670 g/mol. The Morgan fingerprint density at radius 2 is 1.21 bits per heavy atom. The zero-order chi connectivity index (χ0) is 36.0. The maximum atomic E-state index is 13.0. The van der Waals surface area contributed by atoms with Crippen molar-refractivity contribution in [1.29, 1.82) is 0 Å². The number of aliphatic hydroxyl groups excluding tert-OH is 1. The van der Waals surface area contributed by atoms with Crippen LogP contribution in [0.3, 0.4) is 0 Å². The van der Waals surface area contributed by atoms with Crippen LogP contribution < -0.4 is 0 Å². The predicted molar refractivity (Wildman–Crippen MR) is 158 cm³/mol. The van der Waals surface area contributed by atoms with Gasteiger partial charge in [0.2, 0.25) is 0 Å². The van der Waals surface area contributed by atoms with Crippen LogP contribution in [0.5, 0.6) is 0 Å². The Balaban J connectivity index is 2.67. The molecule has 3 rings (SSSR count). The highest BCUT2D eigenvalue weighted by Crippen LogP contribution is 2.64. The van der Waals surface area contributed by atoms with E-state index in [0.29, 0.717) is 5.57 Å². The Labute approximate surface area is 272 Å². The summed E-state index contributed by atoms with van der Waals surface area (Å²) in [5, 5.41) is 37.2. The molecule has 2 saturated carbocycles. The molecule has 15 nitrogen and oxygen atoms in total. The van der Waals surface area contributed by atoms with Gasteiger partial charge in [-0.1, -0.05) is 20.8 Å². The maximum Gasteiger partial charge on any atom is 0.303 e. The molecule has 0 unspecified atom stereocenters. The SMILES string of the molecule is CC(=O)OC[C@@]1(O)[C@H]2[C@H](OC(C)=O)[C@]3(O)C[C@H](OC(C)=O)C(C)=C([C@@H](OC(C)=O)[C@H](OC(C)=O)[C@]2(C)[C@@H](OC(C)=O)C[C@@H]1O)C3(C)C. The van der Waals surface area contributed by atoms with Crippen molar-refractivity contribution < 1.29 is 72.5 Å². The molecule has 3 aliphatic carbocycles. The lowest BCUT2D eigenvalue weighted by molar-refractivity contribution is -0.319. The van der Waals surface area contributed by atoms with Gasteiger partial charge in [-0.3, -0.25) is 28.8 Å². The number of hydrogen-bond acceptors (Lipinski definition) is 15. The van der Waals surface area contributed by atoms with E-state index in [1.807, 2.05) is 0 Å². The van der Waals surface area contributed by atoms with Gasteiger partial charge in [0.25, 0.3) is 0 Å². The highest BCUT2D eigenvalue weighted by Gasteiger charge is 2.76. The normalized spacial score (nSPS) is 37.6. The van der Waals surface area contributed by atoms with Crippen LogP contribution >= 0.6 is 0 Å². The summed E-state index contributed by atoms with van der Waals surface area (Å²) in [6.45, 7) is 11.7. The second-order valence-corrected chi connectivity index (χ2v) is 13.5. The fourth-order valence-corrected chi connectivity index (χ4v) is 8.07. The molecule has 3 aliphatic rings. The van der Waals surface area contributed by atoms with E-state index in [0.717, 1.165) is 41.5 Å². The van der Waals surface area contributed by atoms with Gasteiger partial charge in [0.1, 0.15) is 36.1 Å². The largest absolute Gasteiger partial charge is 0.463 e. The Morgan fingerprint density at radius 1 is 0.723 bits per heavy atom. The average molecular weight is 671 g/mol. The maximum absolute atomic E-state index is 13.0. The third-order valence-electron chi connectivity index (χ3n) is 10.0. The van der Waals surface area contributed by atoms with E-state index in [1.165, 1.54) is 6.92 Å². The second-order valence-electron chi connectivity index (χ2n) is 13.5. The van der Waals surface area contributed by atoms with Crippen LogP contribution in [-0.2, 0) is 57.2 Å². The topological polar surface area (TPSA) is 218 Å². The summed E-state index contributed by atoms with van der Waals surface area (Å²) in [6.07, 6.45) is -10.6. The van der Waals surface area contributed by atoms with Crippen molar-refractivity contribution in [3.63, 3.8) is 0 Å². The smallest absolute Gasteiger partial charge is 0.303 e. The average Bonchev–Trinajstić information content (AvgIpc) is 2.90. The molecule has 2 bridgehead atoms. The molecule has 0 aromatic carbocycles. The lowest BCUT2D eigenvalue weighted by atomic mass is 9.45. The lowest BCUT2D eigenvalue weighted by Crippen LogP contribution is -2.79. The minimum absolute atomic E-state index is 0.145. The van der Waals surface area contributed by atoms with Crippen molar-refractivity contribution in [2.45, 2.75) is 130 Å². The van der Waals surface area contributed by atoms with Gasteiger partial charge in [-0.15, -0.1) is 0 Å². The highest BCUT2D eigenvalue weighted by molar-refractivity contribution is 5.70. The first kappa shape index (κ1) is 37.9. The van der Waals surface area contributed by atoms with Crippen LogP contribution in [0.2, 0.25) is 0 Å². The first-order valence-corrected chi connectivity index (χ1v) is 15.3. The molecule has 0 aromatic heterocycles. The first-order valence-electron chi connectivity index (χ1n) is 15.3. The van der Waals surface area contributed by atoms with Crippen molar-refractivity contribution in [3.8, 4) is 0 Å². The van der Waals surface area contributed by atoms with Crippen molar-refractivity contribution in [2.24, 2.45) is 16.7 Å². The molecule has 264 valence electrons. The molecule has 10 atom stereocenters. The van der Waals surface area contributed by atoms with Gasteiger partial charge in [0.15, 0.2) is 12.2 Å². The van der Waals surface area contributed by atoms with Crippen molar-refractivity contribution in [1.82, 2.24) is 0 Å². The van der Waals surface area contributed by atoms with E-state index in [4.69, 9.17) is 28.4 Å². The minimum atomic E-state index is -2.59. The summed E-state index contributed by atoms with van der Waals surface area (Å²) in [5.74, 6) is -6.92. The molecule has 0 radical (unpaired) electrons. The highest BCUT2D eigenvalue weighted by atomic mass is 16.6. The van der Waals surface area contributed by atoms with Crippen LogP contribution in [0.15, 0.2) is 11.1 Å². The Morgan fingerprint density at radius 3 is 1.68 bits per heavy atom. The molecular formula is C32H46O15. The number of ether oxygens (including phenoxy) is 6. The van der Waals surface area contributed by atoms with Gasteiger partial charge < -0.3 is 43.7 Å². The number of fused-ring (bicyclic) bond motifs is 3. The number of aliphatic hydroxyl groups is 3. The molecule has 0 heterocycles. The lowest BCUT2D eigenvalue weighted by Gasteiger charge is -2.66. The van der Waals surface area contributed by atoms with E-state index < -0.39 is 120 Å². The Hall–Kier alpha value is -3.56. The summed E-state index contributed by atoms with van der Waals surface area (Å²) in [4.78, 5) is 75.6. The van der Waals surface area contributed by atoms with Gasteiger partial charge in [-0.25, -0.2) is 0 Å². The Kier molecular flexibility index (Phi) is 10.6. The van der Waals surface area contributed by atoms with Crippen LogP contribution in [0.4, 0.5) is 0 Å². The number of esters is 6. The molecule has 0 saturated heterocycles. The number of hydrogen-bond donors (Lipinski definition) is 3. The zero-order valence-corrected chi connectivity index (χ0v) is 28.4. The van der Waals surface area contributed by atoms with Crippen LogP contribution in [0.1, 0.15) is 82.1 Å². The molecule has 0 aromatic rings. The zero-order valence-electron chi connectivity index (χ0n) is 28.4. The van der Waals surface area contributed by atoms with Gasteiger partial charge in [0.05, 0.1) is 11.5 Å². The van der Waals surface area contributed by atoms with Crippen LogP contribution in [0, 0.1) is 16.7 Å². The molecule has 2 fully saturated rings. The van der Waals surface area contributed by atoms with E-state index in [-0.39, 0.29) is 5.57 Å². The van der Waals surface area contributed by atoms with Crippen LogP contribution in [0.25, 0.3) is 0 Å². The number of rotatable bonds is 7. The molecule has 15 heteroatoms. The van der Waals surface area contributed by atoms with Crippen molar-refractivity contribution in [3.05, 3.63) is 11.1 Å². The van der Waals surface area contributed by atoms with Crippen molar-refractivity contribution in [2.75, 3.05) is 6.61 Å². The third-order valence-corrected chi connectivity index (χ3v) is 10.0. The summed E-state index contributed by atoms with van der Waals surface area (Å²) >= 11 is 0. The summed E-state index contributed by atoms with van der Waals surface area (Å²) in [5.41, 5.74) is -8.00. The third kappa shape index (κ3) is 6.61. The standard InChI is InChI=1S/C32H46O15/c1-14-21(43-16(3)34)12-32(41)28(47-20(7)38)26-30(10,23(44-17(4)35)11-22(39)31(26,40)13-42-15(2)33)27(46-19(6)37)25(45-18(5)36)24(14)29(32,8)9/h21-23,25-28,39-41H,11-13H2,1-10H3/t21-,22-,23-,25+,26-,27-,28-,30+,31-,32+/m0/s1. The van der Waals surface area contributed by atoms with Gasteiger partial charge in [-0.05, 0) is 18.1 Å². The van der Waals surface area contributed by atoms with Crippen molar-refractivity contribution >= 4 is 35.8 Å². The molecule has 0 spiro atoms. The summed E-state index contributed by atoms with van der Waals surface area (Å²) < 4.78 is 34.3. The fourth-order valence-electron chi connectivity index (χ4n) is 8.07. The van der Waals surface area contributed by atoms with Gasteiger partial charge in [0, 0.05) is 65.7 Å². The summed E-state index contributed by atoms with van der Waals surface area (Å²) in [6, 6.07) is 0. The van der Waals surface area contributed by atoms with Gasteiger partial charge >= 0.3 is 35.8 Å². The fraction of sp³-hybridized carbons (Fsp3) is 0.750. The molecule has 47 heavy (non-hydrogen) atoms. The van der Waals surface area contributed by atoms with E-state index in [2.05, 4.69) is 0 Å². The minimum Gasteiger partial charge on any atom is -0.463 e. The molecule has 3 N–H and O–H groups in total. The molecule has 0 aliphatic heterocycles. The van der Waals surface area contributed by atoms with Gasteiger partial charge in [-0.2, -0.15) is 0 Å². The van der Waals surface area contributed by atoms with E-state index in [9.17, 15) is 44.1 Å². The van der Waals surface area contributed by atoms with Crippen LogP contribution in [-0.4, -0.2) is 106 Å². The van der Waals surface area contributed by atoms with E-state index in [1.54, 1.807) is 20.8 Å². The molecular weight excluding hydrogens is 624 g/mol. The number of carbonyl (C=O) groups is 6. The summed E-state index contributed by atoms with van der Waals surface area (Å²) in [7, 11) is 0.